The van der Waals surface area contributed by atoms with E-state index < -0.39 is 12.2 Å². The molecule has 0 radical (unpaired) electrons. The second-order valence-electron chi connectivity index (χ2n) is 10.5. The van der Waals surface area contributed by atoms with Crippen molar-refractivity contribution in [3.8, 4) is 11.5 Å². The van der Waals surface area contributed by atoms with Gasteiger partial charge in [0.15, 0.2) is 12.6 Å². The number of ether oxygens (including phenoxy) is 8. The lowest BCUT2D eigenvalue weighted by Crippen LogP contribution is -2.26. The average Bonchev–Trinajstić information content (AvgIpc) is 2.99. The molecule has 0 saturated carbocycles. The molecule has 0 fully saturated rings. The Morgan fingerprint density at radius 2 is 0.930 bits per heavy atom. The Bertz CT molecular complexity index is 889. The van der Waals surface area contributed by atoms with Crippen LogP contribution in [0.1, 0.15) is 52.7 Å². The maximum Gasteiger partial charge on any atom is 0.154 e. The number of aliphatic hydroxyl groups excluding tert-OH is 2. The van der Waals surface area contributed by atoms with Crippen molar-refractivity contribution in [1.29, 1.82) is 0 Å². The Morgan fingerprint density at radius 1 is 0.558 bits per heavy atom. The van der Waals surface area contributed by atoms with Crippen LogP contribution in [-0.2, 0) is 33.8 Å². The van der Waals surface area contributed by atoms with Gasteiger partial charge in [0.25, 0.3) is 0 Å². The maximum atomic E-state index is 9.94. The van der Waals surface area contributed by atoms with Gasteiger partial charge in [-0.1, -0.05) is 38.1 Å². The summed E-state index contributed by atoms with van der Waals surface area (Å²) in [4.78, 5) is 0. The van der Waals surface area contributed by atoms with Crippen molar-refractivity contribution >= 4 is 0 Å². The van der Waals surface area contributed by atoms with E-state index in [9.17, 15) is 10.2 Å². The second-order valence-corrected chi connectivity index (χ2v) is 10.5. The molecule has 4 atom stereocenters. The normalized spacial score (nSPS) is 14.7. The highest BCUT2D eigenvalue weighted by Gasteiger charge is 2.23. The molecule has 2 rings (SSSR count). The molecule has 10 heteroatoms. The van der Waals surface area contributed by atoms with Crippen LogP contribution in [0.25, 0.3) is 0 Å². The van der Waals surface area contributed by atoms with Crippen LogP contribution in [0.4, 0.5) is 0 Å². The third kappa shape index (κ3) is 14.8. The van der Waals surface area contributed by atoms with Gasteiger partial charge in [-0.25, -0.2) is 0 Å². The Kier molecular flexibility index (Phi) is 17.7. The molecule has 0 spiro atoms. The summed E-state index contributed by atoms with van der Waals surface area (Å²) in [6.45, 7) is 15.0. The van der Waals surface area contributed by atoms with Crippen molar-refractivity contribution in [2.45, 2.75) is 71.7 Å². The largest absolute Gasteiger partial charge is 0.491 e. The zero-order valence-electron chi connectivity index (χ0n) is 26.7. The molecule has 2 N–H and O–H groups in total. The lowest BCUT2D eigenvalue weighted by Gasteiger charge is -2.26. The first-order valence-corrected chi connectivity index (χ1v) is 15.1. The van der Waals surface area contributed by atoms with Crippen molar-refractivity contribution in [2.75, 3.05) is 66.1 Å². The van der Waals surface area contributed by atoms with Crippen molar-refractivity contribution in [2.24, 2.45) is 0 Å². The summed E-state index contributed by atoms with van der Waals surface area (Å²) >= 11 is 0. The lowest BCUT2D eigenvalue weighted by atomic mass is 9.78. The summed E-state index contributed by atoms with van der Waals surface area (Å²) in [7, 11) is 0. The van der Waals surface area contributed by atoms with E-state index in [4.69, 9.17) is 37.9 Å². The van der Waals surface area contributed by atoms with E-state index in [0.717, 1.165) is 22.6 Å². The van der Waals surface area contributed by atoms with Crippen molar-refractivity contribution < 1.29 is 48.1 Å². The molecular formula is C33H52O10. The van der Waals surface area contributed by atoms with Gasteiger partial charge in [-0.2, -0.15) is 0 Å². The minimum atomic E-state index is -0.717. The Labute approximate surface area is 257 Å². The Morgan fingerprint density at radius 3 is 1.28 bits per heavy atom. The molecule has 244 valence electrons. The first-order valence-electron chi connectivity index (χ1n) is 15.1. The molecule has 0 aliphatic heterocycles. The highest BCUT2D eigenvalue weighted by Crippen LogP contribution is 2.33. The Balaban J connectivity index is 1.67. The van der Waals surface area contributed by atoms with Gasteiger partial charge in [-0.3, -0.25) is 0 Å². The van der Waals surface area contributed by atoms with Crippen LogP contribution in [0.3, 0.4) is 0 Å². The molecule has 2 aromatic rings. The van der Waals surface area contributed by atoms with Crippen LogP contribution in [0.15, 0.2) is 48.5 Å². The van der Waals surface area contributed by atoms with Gasteiger partial charge in [0.2, 0.25) is 0 Å². The van der Waals surface area contributed by atoms with E-state index in [1.807, 2.05) is 38.1 Å². The monoisotopic (exact) mass is 608 g/mol. The molecular weight excluding hydrogens is 556 g/mol. The zero-order chi connectivity index (χ0) is 31.5. The summed E-state index contributed by atoms with van der Waals surface area (Å²) in [5.41, 5.74) is 2.08. The smallest absolute Gasteiger partial charge is 0.154 e. The summed E-state index contributed by atoms with van der Waals surface area (Å²) in [6.07, 6.45) is -2.14. The Hall–Kier alpha value is -2.28. The fourth-order valence-corrected chi connectivity index (χ4v) is 4.13. The molecule has 0 aliphatic carbocycles. The number of hydrogen-bond acceptors (Lipinski definition) is 10. The topological polar surface area (TPSA) is 114 Å². The van der Waals surface area contributed by atoms with Crippen molar-refractivity contribution in [1.82, 2.24) is 0 Å². The summed E-state index contributed by atoms with van der Waals surface area (Å²) in [6, 6.07) is 16.1. The lowest BCUT2D eigenvalue weighted by molar-refractivity contribution is -0.150. The maximum absolute atomic E-state index is 9.94. The number of benzene rings is 2. The summed E-state index contributed by atoms with van der Waals surface area (Å²) in [5, 5.41) is 19.9. The van der Waals surface area contributed by atoms with Crippen LogP contribution in [0.5, 0.6) is 11.5 Å². The molecule has 0 saturated heterocycles. The van der Waals surface area contributed by atoms with Gasteiger partial charge in [-0.05, 0) is 63.1 Å². The third-order valence-electron chi connectivity index (χ3n) is 6.61. The van der Waals surface area contributed by atoms with Gasteiger partial charge in [0.05, 0.1) is 39.6 Å². The minimum absolute atomic E-state index is 0.155. The number of rotatable bonds is 24. The summed E-state index contributed by atoms with van der Waals surface area (Å²) in [5.74, 6) is 1.51. The van der Waals surface area contributed by atoms with Crippen molar-refractivity contribution in [3.63, 3.8) is 0 Å². The molecule has 2 aromatic carbocycles. The van der Waals surface area contributed by atoms with E-state index in [1.165, 1.54) is 0 Å². The second kappa shape index (κ2) is 20.6. The van der Waals surface area contributed by atoms with Crippen LogP contribution in [-0.4, -0.2) is 101 Å². The predicted octanol–water partition coefficient (Wildman–Crippen LogP) is 4.32. The van der Waals surface area contributed by atoms with Gasteiger partial charge < -0.3 is 48.1 Å². The van der Waals surface area contributed by atoms with Crippen LogP contribution < -0.4 is 9.47 Å². The molecule has 0 bridgehead atoms. The minimum Gasteiger partial charge on any atom is -0.491 e. The molecule has 0 heterocycles. The molecule has 0 amide bonds. The zero-order valence-corrected chi connectivity index (χ0v) is 26.7. The fraction of sp³-hybridized carbons (Fsp3) is 0.636. The fourth-order valence-electron chi connectivity index (χ4n) is 4.13. The highest BCUT2D eigenvalue weighted by atomic mass is 16.7. The van der Waals surface area contributed by atoms with Gasteiger partial charge in [0, 0.05) is 18.6 Å². The average molecular weight is 609 g/mol. The molecule has 4 unspecified atom stereocenters. The van der Waals surface area contributed by atoms with E-state index in [0.29, 0.717) is 39.6 Å². The van der Waals surface area contributed by atoms with E-state index in [1.54, 1.807) is 13.8 Å². The number of hydrogen-bond donors (Lipinski definition) is 2. The van der Waals surface area contributed by atoms with Gasteiger partial charge in [-0.15, -0.1) is 0 Å². The molecule has 43 heavy (non-hydrogen) atoms. The first-order chi connectivity index (χ1) is 20.6. The number of aliphatic hydroxyl groups is 2. The first kappa shape index (κ1) is 36.9. The predicted molar refractivity (Wildman–Crippen MR) is 164 cm³/mol. The standard InChI is InChI=1S/C33H52O10/c1-7-38-25(3)42-23-29(34)21-36-17-19-40-31-13-9-27(10-14-31)33(5,6)28-11-15-32(16-12-28)41-20-18-37-22-30(35)24-43-26(4)39-8-2/h9-16,25-26,29-30,34-35H,7-8,17-24H2,1-6H3. The molecule has 10 nitrogen and oxygen atoms in total. The van der Waals surface area contributed by atoms with E-state index >= 15 is 0 Å². The van der Waals surface area contributed by atoms with Crippen molar-refractivity contribution in [3.05, 3.63) is 59.7 Å². The summed E-state index contributed by atoms with van der Waals surface area (Å²) < 4.78 is 43.9. The van der Waals surface area contributed by atoms with Crippen LogP contribution in [0.2, 0.25) is 0 Å². The van der Waals surface area contributed by atoms with Gasteiger partial charge in [0.1, 0.15) is 36.9 Å². The third-order valence-corrected chi connectivity index (χ3v) is 6.61. The van der Waals surface area contributed by atoms with E-state index in [2.05, 4.69) is 38.1 Å². The van der Waals surface area contributed by atoms with Gasteiger partial charge >= 0.3 is 0 Å². The molecule has 0 aliphatic rings. The van der Waals surface area contributed by atoms with E-state index in [-0.39, 0.29) is 44.4 Å². The molecule has 0 aromatic heterocycles. The SMILES string of the molecule is CCOC(C)OCC(O)COCCOc1ccc(C(C)(C)c2ccc(OCCOCC(O)COC(C)OCC)cc2)cc1. The van der Waals surface area contributed by atoms with Crippen LogP contribution >= 0.6 is 0 Å². The highest BCUT2D eigenvalue weighted by molar-refractivity contribution is 5.41. The van der Waals surface area contributed by atoms with Crippen LogP contribution in [0, 0.1) is 0 Å². The quantitative estimate of drug-likeness (QED) is 0.132.